The lowest BCUT2D eigenvalue weighted by atomic mass is 9.99. The van der Waals surface area contributed by atoms with Crippen molar-refractivity contribution in [1.82, 2.24) is 0 Å². The molecule has 0 heterocycles. The fraction of sp³-hybridized carbons (Fsp3) is 0.500. The Kier molecular flexibility index (Phi) is 3.31. The Balaban J connectivity index is 2.94. The van der Waals surface area contributed by atoms with Crippen LogP contribution in [0.25, 0.3) is 0 Å². The number of rotatable bonds is 3. The van der Waals surface area contributed by atoms with E-state index in [9.17, 15) is 24.0 Å². The van der Waals surface area contributed by atoms with Crippen molar-refractivity contribution in [3.8, 4) is 0 Å². The molecule has 1 saturated carbocycles. The van der Waals surface area contributed by atoms with Gasteiger partial charge in [-0.3, -0.25) is 19.2 Å². The second-order valence-electron chi connectivity index (χ2n) is 3.37. The van der Waals surface area contributed by atoms with Gasteiger partial charge in [0.05, 0.1) is 12.5 Å². The van der Waals surface area contributed by atoms with Crippen LogP contribution in [0.2, 0.25) is 0 Å². The normalized spacial score (nSPS) is 24.8. The van der Waals surface area contributed by atoms with Gasteiger partial charge in [-0.15, -0.1) is 0 Å². The monoisotopic (exact) mass is 226 g/mol. The molecule has 6 heteroatoms. The second-order valence-corrected chi connectivity index (χ2v) is 3.37. The number of Topliss-reactive ketones (excluding diaryl/α,β-unsaturated/α-hetero) is 4. The minimum atomic E-state index is -1.79. The summed E-state index contributed by atoms with van der Waals surface area (Å²) in [7, 11) is 0. The standard InChI is InChI=1S/C10H10O6/c1-3-16-10(15)9(14)5-6(11)4(2)7(12)8(5)13/h4-5H,3H2,1-2H3/t4-,5+/m0/s1. The Morgan fingerprint density at radius 3 is 2.12 bits per heavy atom. The van der Waals surface area contributed by atoms with Crippen LogP contribution in [0.5, 0.6) is 0 Å². The first-order chi connectivity index (χ1) is 7.41. The largest absolute Gasteiger partial charge is 0.460 e. The third kappa shape index (κ3) is 1.78. The van der Waals surface area contributed by atoms with Crippen molar-refractivity contribution in [2.45, 2.75) is 13.8 Å². The molecule has 0 aromatic rings. The summed E-state index contributed by atoms with van der Waals surface area (Å²) in [5, 5.41) is 0. The Hall–Kier alpha value is -1.85. The summed E-state index contributed by atoms with van der Waals surface area (Å²) in [5.41, 5.74) is 0. The van der Waals surface area contributed by atoms with Gasteiger partial charge in [0, 0.05) is 0 Å². The van der Waals surface area contributed by atoms with Gasteiger partial charge in [-0.2, -0.15) is 0 Å². The molecule has 86 valence electrons. The highest BCUT2D eigenvalue weighted by atomic mass is 16.5. The Morgan fingerprint density at radius 1 is 1.19 bits per heavy atom. The van der Waals surface area contributed by atoms with E-state index in [-0.39, 0.29) is 6.61 Å². The van der Waals surface area contributed by atoms with Gasteiger partial charge in [-0.1, -0.05) is 0 Å². The highest BCUT2D eigenvalue weighted by molar-refractivity contribution is 6.60. The summed E-state index contributed by atoms with van der Waals surface area (Å²) in [4.78, 5) is 56.2. The molecule has 16 heavy (non-hydrogen) atoms. The summed E-state index contributed by atoms with van der Waals surface area (Å²) in [5.74, 6) is -8.31. The summed E-state index contributed by atoms with van der Waals surface area (Å²) < 4.78 is 4.38. The lowest BCUT2D eigenvalue weighted by Gasteiger charge is -2.04. The van der Waals surface area contributed by atoms with Crippen LogP contribution in [0, 0.1) is 11.8 Å². The second kappa shape index (κ2) is 4.34. The molecule has 1 aliphatic carbocycles. The fourth-order valence-corrected chi connectivity index (χ4v) is 1.43. The highest BCUT2D eigenvalue weighted by Crippen LogP contribution is 2.21. The van der Waals surface area contributed by atoms with E-state index in [0.29, 0.717) is 0 Å². The van der Waals surface area contributed by atoms with Crippen LogP contribution in [-0.4, -0.2) is 35.7 Å². The third-order valence-electron chi connectivity index (χ3n) is 2.35. The SMILES string of the molecule is CCOC(=O)C(=O)[C@H]1C(=O)C(=O)[C@@H](C)C1=O. The minimum absolute atomic E-state index is 0.0385. The number of ether oxygens (including phenoxy) is 1. The fourth-order valence-electron chi connectivity index (χ4n) is 1.43. The zero-order valence-electron chi connectivity index (χ0n) is 8.81. The summed E-state index contributed by atoms with van der Waals surface area (Å²) in [6.45, 7) is 2.68. The molecule has 0 aliphatic heterocycles. The van der Waals surface area contributed by atoms with Crippen molar-refractivity contribution in [1.29, 1.82) is 0 Å². The van der Waals surface area contributed by atoms with Crippen LogP contribution in [0.1, 0.15) is 13.8 Å². The van der Waals surface area contributed by atoms with Gasteiger partial charge in [0.1, 0.15) is 0 Å². The Morgan fingerprint density at radius 2 is 1.75 bits per heavy atom. The van der Waals surface area contributed by atoms with Crippen molar-refractivity contribution < 1.29 is 28.7 Å². The van der Waals surface area contributed by atoms with E-state index < -0.39 is 40.9 Å². The van der Waals surface area contributed by atoms with Crippen molar-refractivity contribution in [2.75, 3.05) is 6.61 Å². The van der Waals surface area contributed by atoms with Crippen molar-refractivity contribution in [2.24, 2.45) is 11.8 Å². The Bertz CT molecular complexity index is 394. The van der Waals surface area contributed by atoms with Crippen LogP contribution in [0.3, 0.4) is 0 Å². The molecule has 0 aromatic heterocycles. The zero-order valence-corrected chi connectivity index (χ0v) is 8.81. The van der Waals surface area contributed by atoms with Gasteiger partial charge in [-0.25, -0.2) is 4.79 Å². The van der Waals surface area contributed by atoms with Crippen LogP contribution < -0.4 is 0 Å². The molecule has 1 aliphatic rings. The van der Waals surface area contributed by atoms with Crippen LogP contribution in [-0.2, 0) is 28.7 Å². The molecule has 0 amide bonds. The minimum Gasteiger partial charge on any atom is -0.460 e. The molecule has 6 nitrogen and oxygen atoms in total. The number of hydrogen-bond acceptors (Lipinski definition) is 6. The molecular formula is C10H10O6. The van der Waals surface area contributed by atoms with E-state index in [4.69, 9.17) is 0 Å². The van der Waals surface area contributed by atoms with Gasteiger partial charge in [0.25, 0.3) is 5.78 Å². The first kappa shape index (κ1) is 12.2. The summed E-state index contributed by atoms with van der Waals surface area (Å²) >= 11 is 0. The summed E-state index contributed by atoms with van der Waals surface area (Å²) in [6, 6.07) is 0. The smallest absolute Gasteiger partial charge is 0.375 e. The molecule has 2 atom stereocenters. The van der Waals surface area contributed by atoms with Crippen LogP contribution >= 0.6 is 0 Å². The van der Waals surface area contributed by atoms with E-state index in [2.05, 4.69) is 4.74 Å². The van der Waals surface area contributed by atoms with Gasteiger partial charge >= 0.3 is 5.97 Å². The lowest BCUT2D eigenvalue weighted by Crippen LogP contribution is -2.33. The maximum Gasteiger partial charge on any atom is 0.375 e. The molecule has 0 radical (unpaired) electrons. The van der Waals surface area contributed by atoms with Gasteiger partial charge in [0.15, 0.2) is 11.7 Å². The average molecular weight is 226 g/mol. The van der Waals surface area contributed by atoms with Crippen molar-refractivity contribution >= 4 is 29.1 Å². The number of esters is 1. The van der Waals surface area contributed by atoms with Crippen molar-refractivity contribution in [3.63, 3.8) is 0 Å². The van der Waals surface area contributed by atoms with Gasteiger partial charge in [0.2, 0.25) is 11.6 Å². The first-order valence-corrected chi connectivity index (χ1v) is 4.74. The third-order valence-corrected chi connectivity index (χ3v) is 2.35. The number of hydrogen-bond donors (Lipinski definition) is 0. The molecule has 0 saturated heterocycles. The van der Waals surface area contributed by atoms with E-state index >= 15 is 0 Å². The molecule has 1 fully saturated rings. The molecule has 1 rings (SSSR count). The van der Waals surface area contributed by atoms with Crippen molar-refractivity contribution in [3.05, 3.63) is 0 Å². The number of carbonyl (C=O) groups is 5. The molecule has 0 bridgehead atoms. The zero-order chi connectivity index (χ0) is 12.5. The molecule has 0 N–H and O–H groups in total. The number of ketones is 4. The topological polar surface area (TPSA) is 94.6 Å². The van der Waals surface area contributed by atoms with Gasteiger partial charge < -0.3 is 4.74 Å². The van der Waals surface area contributed by atoms with E-state index in [0.717, 1.165) is 0 Å². The first-order valence-electron chi connectivity index (χ1n) is 4.74. The average Bonchev–Trinajstić information content (AvgIpc) is 2.43. The molecular weight excluding hydrogens is 216 g/mol. The van der Waals surface area contributed by atoms with Crippen LogP contribution in [0.4, 0.5) is 0 Å². The predicted octanol–water partition coefficient (Wildman–Crippen LogP) is -0.908. The molecule has 0 spiro atoms. The van der Waals surface area contributed by atoms with Crippen LogP contribution in [0.15, 0.2) is 0 Å². The maximum absolute atomic E-state index is 11.4. The highest BCUT2D eigenvalue weighted by Gasteiger charge is 2.52. The number of carbonyl (C=O) groups excluding carboxylic acids is 5. The van der Waals surface area contributed by atoms with E-state index in [1.54, 1.807) is 0 Å². The molecule has 0 aromatic carbocycles. The Labute approximate surface area is 90.9 Å². The summed E-state index contributed by atoms with van der Waals surface area (Å²) in [6.07, 6.45) is 0. The lowest BCUT2D eigenvalue weighted by molar-refractivity contribution is -0.157. The quantitative estimate of drug-likeness (QED) is 0.351. The van der Waals surface area contributed by atoms with E-state index in [1.165, 1.54) is 13.8 Å². The van der Waals surface area contributed by atoms with E-state index in [1.807, 2.05) is 0 Å². The maximum atomic E-state index is 11.4. The van der Waals surface area contributed by atoms with Gasteiger partial charge in [-0.05, 0) is 13.8 Å². The molecule has 0 unspecified atom stereocenters. The predicted molar refractivity (Wildman–Crippen MR) is 49.3 cm³/mol.